The molecule has 0 N–H and O–H groups in total. The number of alkyl halides is 2. The number of benzene rings is 1. The van der Waals surface area contributed by atoms with Gasteiger partial charge in [-0.25, -0.2) is 22.0 Å². The lowest BCUT2D eigenvalue weighted by molar-refractivity contribution is 0.0156. The van der Waals surface area contributed by atoms with Gasteiger partial charge >= 0.3 is 5.97 Å². The van der Waals surface area contributed by atoms with E-state index in [1.54, 1.807) is 0 Å². The van der Waals surface area contributed by atoms with Crippen molar-refractivity contribution in [1.82, 2.24) is 0 Å². The number of hydrogen-bond donors (Lipinski definition) is 0. The van der Waals surface area contributed by atoms with E-state index in [1.807, 2.05) is 0 Å². The van der Waals surface area contributed by atoms with Crippen LogP contribution in [0.2, 0.25) is 0 Å². The predicted molar refractivity (Wildman–Crippen MR) is 60.5 cm³/mol. The maximum Gasteiger partial charge on any atom is 0.339 e. The van der Waals surface area contributed by atoms with Crippen LogP contribution in [-0.4, -0.2) is 33.2 Å². The zero-order valence-corrected chi connectivity index (χ0v) is 10.4. The Labute approximate surface area is 103 Å². The molecule has 0 heterocycles. The fraction of sp³-hybridized carbons (Fsp3) is 0.364. The van der Waals surface area contributed by atoms with Gasteiger partial charge in [0, 0.05) is 0 Å². The van der Waals surface area contributed by atoms with Crippen LogP contribution in [0.1, 0.15) is 17.3 Å². The quantitative estimate of drug-likeness (QED) is 0.772. The molecule has 0 radical (unpaired) electrons. The van der Waals surface area contributed by atoms with Crippen molar-refractivity contribution in [2.45, 2.75) is 18.2 Å². The third-order valence-corrected chi connectivity index (χ3v) is 3.95. The van der Waals surface area contributed by atoms with Crippen LogP contribution in [0.4, 0.5) is 8.78 Å². The summed E-state index contributed by atoms with van der Waals surface area (Å²) in [7, 11) is -3.60. The Balaban J connectivity index is 3.07. The smallest absolute Gasteiger partial charge is 0.339 e. The Bertz CT molecular complexity index is 526. The van der Waals surface area contributed by atoms with Crippen molar-refractivity contribution in [2.24, 2.45) is 0 Å². The number of esters is 1. The molecular formula is C11H12F2O4S. The summed E-state index contributed by atoms with van der Waals surface area (Å²) in [5.74, 6) is -1.26. The van der Waals surface area contributed by atoms with E-state index < -0.39 is 28.8 Å². The molecule has 0 aliphatic heterocycles. The monoisotopic (exact) mass is 278 g/mol. The van der Waals surface area contributed by atoms with Crippen LogP contribution in [0.5, 0.6) is 0 Å². The SMILES string of the molecule is CCS(=O)(=O)c1ccccc1C(=O)OCC(F)F. The minimum Gasteiger partial charge on any atom is -0.456 e. The predicted octanol–water partition coefficient (Wildman–Crippen LogP) is 1.90. The lowest BCUT2D eigenvalue weighted by Gasteiger charge is -2.08. The number of halogens is 2. The zero-order chi connectivity index (χ0) is 13.8. The highest BCUT2D eigenvalue weighted by atomic mass is 32.2. The molecule has 100 valence electrons. The van der Waals surface area contributed by atoms with Gasteiger partial charge in [-0.3, -0.25) is 0 Å². The van der Waals surface area contributed by atoms with E-state index in [0.717, 1.165) is 0 Å². The van der Waals surface area contributed by atoms with Gasteiger partial charge in [-0.2, -0.15) is 0 Å². The van der Waals surface area contributed by atoms with E-state index in [1.165, 1.54) is 31.2 Å². The molecule has 1 rings (SSSR count). The standard InChI is InChI=1S/C11H12F2O4S/c1-2-18(15,16)9-6-4-3-5-8(9)11(14)17-7-10(12)13/h3-6,10H,2,7H2,1H3. The van der Waals surface area contributed by atoms with Crippen LogP contribution in [0, 0.1) is 0 Å². The molecular weight excluding hydrogens is 266 g/mol. The Kier molecular flexibility index (Phi) is 4.77. The Hall–Kier alpha value is -1.50. The van der Waals surface area contributed by atoms with Crippen LogP contribution < -0.4 is 0 Å². The highest BCUT2D eigenvalue weighted by Crippen LogP contribution is 2.18. The molecule has 0 aliphatic carbocycles. The summed E-state index contributed by atoms with van der Waals surface area (Å²) >= 11 is 0. The van der Waals surface area contributed by atoms with E-state index in [0.29, 0.717) is 0 Å². The zero-order valence-electron chi connectivity index (χ0n) is 9.60. The van der Waals surface area contributed by atoms with Crippen LogP contribution in [0.25, 0.3) is 0 Å². The van der Waals surface area contributed by atoms with E-state index in [-0.39, 0.29) is 16.2 Å². The van der Waals surface area contributed by atoms with Crippen LogP contribution in [-0.2, 0) is 14.6 Å². The average Bonchev–Trinajstić information content (AvgIpc) is 2.36. The van der Waals surface area contributed by atoms with Gasteiger partial charge in [-0.15, -0.1) is 0 Å². The largest absolute Gasteiger partial charge is 0.456 e. The normalized spacial score (nSPS) is 11.6. The summed E-state index contributed by atoms with van der Waals surface area (Å²) in [5, 5.41) is 0. The first kappa shape index (κ1) is 14.6. The maximum atomic E-state index is 11.9. The van der Waals surface area contributed by atoms with Crippen LogP contribution >= 0.6 is 0 Å². The van der Waals surface area contributed by atoms with Gasteiger partial charge < -0.3 is 4.74 Å². The van der Waals surface area contributed by atoms with Gasteiger partial charge in [0.15, 0.2) is 16.4 Å². The van der Waals surface area contributed by atoms with E-state index in [9.17, 15) is 22.0 Å². The molecule has 18 heavy (non-hydrogen) atoms. The summed E-state index contributed by atoms with van der Waals surface area (Å²) in [5.41, 5.74) is -0.222. The molecule has 0 aliphatic rings. The van der Waals surface area contributed by atoms with Crippen molar-refractivity contribution in [3.63, 3.8) is 0 Å². The first-order valence-corrected chi connectivity index (χ1v) is 6.80. The van der Waals surface area contributed by atoms with Crippen molar-refractivity contribution in [3.8, 4) is 0 Å². The number of ether oxygens (including phenoxy) is 1. The lowest BCUT2D eigenvalue weighted by Crippen LogP contribution is -2.16. The minimum atomic E-state index is -3.60. The van der Waals surface area contributed by atoms with Gasteiger partial charge in [-0.05, 0) is 12.1 Å². The molecule has 0 unspecified atom stereocenters. The third kappa shape index (κ3) is 3.49. The van der Waals surface area contributed by atoms with E-state index in [4.69, 9.17) is 0 Å². The molecule has 0 atom stereocenters. The molecule has 0 saturated carbocycles. The van der Waals surface area contributed by atoms with Gasteiger partial charge in [0.2, 0.25) is 0 Å². The molecule has 1 aromatic rings. The number of sulfone groups is 1. The van der Waals surface area contributed by atoms with Gasteiger partial charge in [0.1, 0.15) is 0 Å². The summed E-state index contributed by atoms with van der Waals surface area (Å²) in [6, 6.07) is 5.37. The van der Waals surface area contributed by atoms with Crippen molar-refractivity contribution in [1.29, 1.82) is 0 Å². The molecule has 0 aromatic heterocycles. The van der Waals surface area contributed by atoms with Crippen molar-refractivity contribution in [3.05, 3.63) is 29.8 Å². The van der Waals surface area contributed by atoms with Gasteiger partial charge in [0.25, 0.3) is 6.43 Å². The van der Waals surface area contributed by atoms with Crippen LogP contribution in [0.3, 0.4) is 0 Å². The average molecular weight is 278 g/mol. The summed E-state index contributed by atoms with van der Waals surface area (Å²) in [6.45, 7) is 0.371. The summed E-state index contributed by atoms with van der Waals surface area (Å²) in [6.07, 6.45) is -2.79. The second-order valence-electron chi connectivity index (χ2n) is 3.39. The fourth-order valence-corrected chi connectivity index (χ4v) is 2.36. The van der Waals surface area contributed by atoms with Gasteiger partial charge in [-0.1, -0.05) is 19.1 Å². The van der Waals surface area contributed by atoms with Gasteiger partial charge in [0.05, 0.1) is 16.2 Å². The maximum absolute atomic E-state index is 11.9. The van der Waals surface area contributed by atoms with E-state index >= 15 is 0 Å². The van der Waals surface area contributed by atoms with Crippen molar-refractivity contribution < 1.29 is 26.7 Å². The molecule has 7 heteroatoms. The Morgan fingerprint density at radius 2 is 1.94 bits per heavy atom. The lowest BCUT2D eigenvalue weighted by atomic mass is 10.2. The Morgan fingerprint density at radius 3 is 2.50 bits per heavy atom. The molecule has 0 bridgehead atoms. The van der Waals surface area contributed by atoms with Crippen LogP contribution in [0.15, 0.2) is 29.2 Å². The first-order chi connectivity index (χ1) is 8.38. The number of carbonyl (C=O) groups is 1. The van der Waals surface area contributed by atoms with Crippen molar-refractivity contribution in [2.75, 3.05) is 12.4 Å². The molecule has 0 amide bonds. The second-order valence-corrected chi connectivity index (χ2v) is 5.64. The summed E-state index contributed by atoms with van der Waals surface area (Å²) in [4.78, 5) is 11.3. The number of hydrogen-bond acceptors (Lipinski definition) is 4. The molecule has 0 saturated heterocycles. The molecule has 0 fully saturated rings. The number of carbonyl (C=O) groups excluding carboxylic acids is 1. The summed E-state index contributed by atoms with van der Waals surface area (Å²) < 4.78 is 51.6. The highest BCUT2D eigenvalue weighted by Gasteiger charge is 2.22. The minimum absolute atomic E-state index is 0.188. The second kappa shape index (κ2) is 5.90. The number of rotatable bonds is 5. The van der Waals surface area contributed by atoms with Crippen molar-refractivity contribution >= 4 is 15.8 Å². The van der Waals surface area contributed by atoms with E-state index in [2.05, 4.69) is 4.74 Å². The molecule has 1 aromatic carbocycles. The third-order valence-electron chi connectivity index (χ3n) is 2.16. The Morgan fingerprint density at radius 1 is 1.33 bits per heavy atom. The topological polar surface area (TPSA) is 60.4 Å². The fourth-order valence-electron chi connectivity index (χ4n) is 1.28. The molecule has 0 spiro atoms. The molecule has 4 nitrogen and oxygen atoms in total. The highest BCUT2D eigenvalue weighted by molar-refractivity contribution is 7.91. The first-order valence-electron chi connectivity index (χ1n) is 5.15.